The molecule has 7 nitrogen and oxygen atoms in total. The minimum absolute atomic E-state index is 0.0685. The van der Waals surface area contributed by atoms with E-state index in [0.29, 0.717) is 23.6 Å². The number of hydrogen-bond acceptors (Lipinski definition) is 5. The molecule has 0 saturated heterocycles. The van der Waals surface area contributed by atoms with Crippen LogP contribution < -0.4 is 5.32 Å². The van der Waals surface area contributed by atoms with Gasteiger partial charge in [-0.2, -0.15) is 0 Å². The Kier molecular flexibility index (Phi) is 5.67. The largest absolute Gasteiger partial charge is 0.456 e. The van der Waals surface area contributed by atoms with Crippen LogP contribution in [0.5, 0.6) is 0 Å². The van der Waals surface area contributed by atoms with Crippen LogP contribution in [0.4, 0.5) is 11.4 Å². The number of nitro benzene ring substituents is 1. The summed E-state index contributed by atoms with van der Waals surface area (Å²) in [6.45, 7) is 1.24. The number of carbonyl (C=O) groups is 2. The minimum atomic E-state index is -0.511. The number of nitrogens with zero attached hydrogens (tertiary/aromatic N) is 1. The number of esters is 1. The zero-order valence-electron chi connectivity index (χ0n) is 13.0. The summed E-state index contributed by atoms with van der Waals surface area (Å²) in [5.41, 5.74) is 0.746. The van der Waals surface area contributed by atoms with E-state index in [9.17, 15) is 19.7 Å². The van der Waals surface area contributed by atoms with E-state index in [4.69, 9.17) is 4.74 Å². The predicted octanol–water partition coefficient (Wildman–Crippen LogP) is 2.97. The Labute approximate surface area is 134 Å². The summed E-state index contributed by atoms with van der Waals surface area (Å²) >= 11 is 0. The van der Waals surface area contributed by atoms with Crippen LogP contribution in [0.15, 0.2) is 18.2 Å². The molecule has 0 bridgehead atoms. The van der Waals surface area contributed by atoms with Gasteiger partial charge in [-0.3, -0.25) is 19.7 Å². The summed E-state index contributed by atoms with van der Waals surface area (Å²) in [4.78, 5) is 33.8. The van der Waals surface area contributed by atoms with Crippen molar-refractivity contribution >= 4 is 23.3 Å². The molecule has 0 radical (unpaired) electrons. The van der Waals surface area contributed by atoms with Crippen molar-refractivity contribution in [2.45, 2.75) is 39.0 Å². The number of ether oxygens (including phenoxy) is 1. The van der Waals surface area contributed by atoms with Crippen LogP contribution in [0.2, 0.25) is 0 Å². The molecule has 124 valence electrons. The maximum Gasteiger partial charge on any atom is 0.306 e. The van der Waals surface area contributed by atoms with Crippen molar-refractivity contribution in [3.63, 3.8) is 0 Å². The molecule has 1 aromatic rings. The highest BCUT2D eigenvalue weighted by atomic mass is 16.6. The molecule has 2 rings (SSSR count). The molecule has 1 aromatic carbocycles. The van der Waals surface area contributed by atoms with E-state index in [2.05, 4.69) is 5.32 Å². The highest BCUT2D eigenvalue weighted by molar-refractivity contribution is 5.93. The van der Waals surface area contributed by atoms with Gasteiger partial charge in [0.05, 0.1) is 4.92 Å². The third-order valence-electron chi connectivity index (χ3n) is 3.98. The number of carbonyl (C=O) groups excluding carboxylic acids is 2. The monoisotopic (exact) mass is 320 g/mol. The second-order valence-corrected chi connectivity index (χ2v) is 5.82. The minimum Gasteiger partial charge on any atom is -0.456 e. The smallest absolute Gasteiger partial charge is 0.306 e. The van der Waals surface area contributed by atoms with Gasteiger partial charge in [-0.1, -0.05) is 18.9 Å². The molecule has 0 heterocycles. The van der Waals surface area contributed by atoms with E-state index in [1.807, 2.05) is 0 Å². The van der Waals surface area contributed by atoms with Gasteiger partial charge in [-0.25, -0.2) is 0 Å². The van der Waals surface area contributed by atoms with Crippen molar-refractivity contribution in [1.29, 1.82) is 0 Å². The summed E-state index contributed by atoms with van der Waals surface area (Å²) in [5, 5.41) is 13.4. The number of nitro groups is 1. The standard InChI is InChI=1S/C16H20N2O5/c1-11-6-7-13(9-14(11)18(21)22)17-15(19)10-23-16(20)8-12-4-2-3-5-12/h6-7,9,12H,2-5,8,10H2,1H3,(H,17,19). The van der Waals surface area contributed by atoms with Gasteiger partial charge >= 0.3 is 5.97 Å². The Morgan fingerprint density at radius 3 is 2.70 bits per heavy atom. The topological polar surface area (TPSA) is 98.5 Å². The SMILES string of the molecule is Cc1ccc(NC(=O)COC(=O)CC2CCCC2)cc1[N+](=O)[O-]. The molecular weight excluding hydrogens is 300 g/mol. The van der Waals surface area contributed by atoms with Crippen molar-refractivity contribution in [2.75, 3.05) is 11.9 Å². The Bertz CT molecular complexity index is 608. The number of rotatable bonds is 6. The first kappa shape index (κ1) is 16.9. The molecule has 0 spiro atoms. The fourth-order valence-electron chi connectivity index (χ4n) is 2.74. The lowest BCUT2D eigenvalue weighted by atomic mass is 10.1. The average Bonchev–Trinajstić information content (AvgIpc) is 3.00. The van der Waals surface area contributed by atoms with Crippen LogP contribution in [-0.2, 0) is 14.3 Å². The normalized spacial score (nSPS) is 14.5. The molecule has 1 aliphatic carbocycles. The number of anilines is 1. The van der Waals surface area contributed by atoms with Crippen molar-refractivity contribution < 1.29 is 19.2 Å². The highest BCUT2D eigenvalue weighted by Gasteiger charge is 2.20. The quantitative estimate of drug-likeness (QED) is 0.493. The van der Waals surface area contributed by atoms with Gasteiger partial charge in [0.2, 0.25) is 0 Å². The number of aryl methyl sites for hydroxylation is 1. The van der Waals surface area contributed by atoms with Crippen LogP contribution in [0.3, 0.4) is 0 Å². The third-order valence-corrected chi connectivity index (χ3v) is 3.98. The van der Waals surface area contributed by atoms with E-state index in [1.165, 1.54) is 6.07 Å². The van der Waals surface area contributed by atoms with Gasteiger partial charge in [-0.15, -0.1) is 0 Å². The van der Waals surface area contributed by atoms with Crippen LogP contribution >= 0.6 is 0 Å². The van der Waals surface area contributed by atoms with Crippen molar-refractivity contribution in [3.05, 3.63) is 33.9 Å². The lowest BCUT2D eigenvalue weighted by Gasteiger charge is -2.09. The van der Waals surface area contributed by atoms with E-state index >= 15 is 0 Å². The predicted molar refractivity (Wildman–Crippen MR) is 84.0 cm³/mol. The Hall–Kier alpha value is -2.44. The van der Waals surface area contributed by atoms with Crippen LogP contribution in [0.1, 0.15) is 37.7 Å². The Balaban J connectivity index is 1.81. The van der Waals surface area contributed by atoms with Crippen molar-refractivity contribution in [3.8, 4) is 0 Å². The molecule has 1 N–H and O–H groups in total. The van der Waals surface area contributed by atoms with Crippen LogP contribution in [0.25, 0.3) is 0 Å². The lowest BCUT2D eigenvalue weighted by Crippen LogP contribution is -2.21. The summed E-state index contributed by atoms with van der Waals surface area (Å²) in [7, 11) is 0. The second-order valence-electron chi connectivity index (χ2n) is 5.82. The second kappa shape index (κ2) is 7.71. The highest BCUT2D eigenvalue weighted by Crippen LogP contribution is 2.27. The Morgan fingerprint density at radius 1 is 1.35 bits per heavy atom. The third kappa shape index (κ3) is 5.05. The van der Waals surface area contributed by atoms with E-state index in [0.717, 1.165) is 25.7 Å². The first-order chi connectivity index (χ1) is 11.0. The maximum absolute atomic E-state index is 11.8. The summed E-state index contributed by atoms with van der Waals surface area (Å²) < 4.78 is 4.95. The molecular formula is C16H20N2O5. The average molecular weight is 320 g/mol. The maximum atomic E-state index is 11.8. The molecule has 0 atom stereocenters. The molecule has 0 unspecified atom stereocenters. The van der Waals surface area contributed by atoms with Gasteiger partial charge in [-0.05, 0) is 31.7 Å². The fraction of sp³-hybridized carbons (Fsp3) is 0.500. The molecule has 1 amide bonds. The first-order valence-corrected chi connectivity index (χ1v) is 7.66. The number of benzene rings is 1. The molecule has 1 aliphatic rings. The van der Waals surface area contributed by atoms with E-state index in [-0.39, 0.29) is 18.3 Å². The summed E-state index contributed by atoms with van der Waals surface area (Å²) in [5.74, 6) is -0.518. The van der Waals surface area contributed by atoms with Gasteiger partial charge < -0.3 is 10.1 Å². The number of amides is 1. The van der Waals surface area contributed by atoms with Crippen LogP contribution in [-0.4, -0.2) is 23.4 Å². The van der Waals surface area contributed by atoms with E-state index < -0.39 is 10.8 Å². The molecule has 1 fully saturated rings. The lowest BCUT2D eigenvalue weighted by molar-refractivity contribution is -0.385. The van der Waals surface area contributed by atoms with Crippen molar-refractivity contribution in [1.82, 2.24) is 0 Å². The molecule has 1 saturated carbocycles. The van der Waals surface area contributed by atoms with Gasteiger partial charge in [0, 0.05) is 23.7 Å². The van der Waals surface area contributed by atoms with Gasteiger partial charge in [0.15, 0.2) is 6.61 Å². The summed E-state index contributed by atoms with van der Waals surface area (Å²) in [6, 6.07) is 4.41. The molecule has 23 heavy (non-hydrogen) atoms. The van der Waals surface area contributed by atoms with Gasteiger partial charge in [0.25, 0.3) is 11.6 Å². The zero-order chi connectivity index (χ0) is 16.8. The van der Waals surface area contributed by atoms with Gasteiger partial charge in [0.1, 0.15) is 0 Å². The van der Waals surface area contributed by atoms with Crippen LogP contribution in [0, 0.1) is 23.0 Å². The summed E-state index contributed by atoms with van der Waals surface area (Å²) in [6.07, 6.45) is 4.71. The Morgan fingerprint density at radius 2 is 2.04 bits per heavy atom. The fourth-order valence-corrected chi connectivity index (χ4v) is 2.74. The first-order valence-electron chi connectivity index (χ1n) is 7.66. The van der Waals surface area contributed by atoms with E-state index in [1.54, 1.807) is 19.1 Å². The zero-order valence-corrected chi connectivity index (χ0v) is 13.0. The molecule has 0 aliphatic heterocycles. The molecule has 0 aromatic heterocycles. The van der Waals surface area contributed by atoms with Crippen molar-refractivity contribution in [2.24, 2.45) is 5.92 Å². The molecule has 7 heteroatoms. The number of hydrogen-bond donors (Lipinski definition) is 1. The number of nitrogens with one attached hydrogen (secondary N) is 1.